The molecule has 0 unspecified atom stereocenters. The van der Waals surface area contributed by atoms with Gasteiger partial charge in [-0.05, 0) is 42.7 Å². The smallest absolute Gasteiger partial charge is 0.162 e. The van der Waals surface area contributed by atoms with Crippen LogP contribution in [0, 0.1) is 0 Å². The zero-order valence-electron chi connectivity index (χ0n) is 15.0. The summed E-state index contributed by atoms with van der Waals surface area (Å²) < 4.78 is 0. The number of nitrogen functional groups attached to an aromatic ring is 1. The fraction of sp³-hybridized carbons (Fsp3) is 0.136. The molecule has 1 aliphatic rings. The van der Waals surface area contributed by atoms with Gasteiger partial charge in [0.05, 0.1) is 5.52 Å². The number of aromatic nitrogens is 3. The van der Waals surface area contributed by atoms with Gasteiger partial charge in [-0.15, -0.1) is 0 Å². The molecule has 0 fully saturated rings. The highest BCUT2D eigenvalue weighted by Gasteiger charge is 2.06. The van der Waals surface area contributed by atoms with Crippen LogP contribution in [-0.2, 0) is 0 Å². The van der Waals surface area contributed by atoms with Crippen LogP contribution in [0.4, 0.5) is 5.82 Å². The predicted molar refractivity (Wildman–Crippen MR) is 110 cm³/mol. The van der Waals surface area contributed by atoms with Gasteiger partial charge in [0.1, 0.15) is 5.82 Å². The van der Waals surface area contributed by atoms with Gasteiger partial charge in [-0.3, -0.25) is 4.98 Å². The molecule has 5 heteroatoms. The van der Waals surface area contributed by atoms with Gasteiger partial charge in [-0.2, -0.15) is 0 Å². The van der Waals surface area contributed by atoms with E-state index in [0.717, 1.165) is 29.3 Å². The molecule has 3 aromatic rings. The lowest BCUT2D eigenvalue weighted by molar-refractivity contribution is 0.300. The third-order valence-corrected chi connectivity index (χ3v) is 4.02. The number of hydrogen-bond acceptors (Lipinski definition) is 5. The Bertz CT molecular complexity index is 978. The molecule has 27 heavy (non-hydrogen) atoms. The first-order chi connectivity index (χ1) is 13.3. The predicted octanol–water partition coefficient (Wildman–Crippen LogP) is 4.09. The highest BCUT2D eigenvalue weighted by atomic mass is 16.2. The molecule has 0 aliphatic heterocycles. The Labute approximate surface area is 158 Å². The van der Waals surface area contributed by atoms with Gasteiger partial charge in [0.15, 0.2) is 5.82 Å². The van der Waals surface area contributed by atoms with Crippen molar-refractivity contribution < 1.29 is 5.11 Å². The summed E-state index contributed by atoms with van der Waals surface area (Å²) in [4.78, 5) is 12.8. The van der Waals surface area contributed by atoms with E-state index in [1.165, 1.54) is 5.57 Å². The molecule has 4 rings (SSSR count). The second-order valence-electron chi connectivity index (χ2n) is 5.97. The number of nitrogens with two attached hydrogens (primary N) is 1. The largest absolute Gasteiger partial charge is 0.396 e. The second kappa shape index (κ2) is 9.40. The maximum atomic E-state index is 8.61. The fourth-order valence-corrected chi connectivity index (χ4v) is 2.65. The van der Waals surface area contributed by atoms with E-state index in [2.05, 4.69) is 33.2 Å². The molecule has 5 nitrogen and oxygen atoms in total. The van der Waals surface area contributed by atoms with Crippen LogP contribution in [0.2, 0.25) is 0 Å². The monoisotopic (exact) mass is 358 g/mol. The number of benzene rings is 1. The number of rotatable bonds is 3. The Hall–Kier alpha value is -3.31. The van der Waals surface area contributed by atoms with Crippen molar-refractivity contribution in [2.24, 2.45) is 0 Å². The summed E-state index contributed by atoms with van der Waals surface area (Å²) in [5.41, 5.74) is 8.90. The topological polar surface area (TPSA) is 84.9 Å². The Morgan fingerprint density at radius 1 is 1.00 bits per heavy atom. The van der Waals surface area contributed by atoms with Crippen LogP contribution < -0.4 is 5.73 Å². The first-order valence-corrected chi connectivity index (χ1v) is 8.83. The average molecular weight is 358 g/mol. The average Bonchev–Trinajstić information content (AvgIpc) is 2.98. The molecule has 2 heterocycles. The number of aliphatic hydroxyl groups excluding tert-OH is 1. The number of nitrogens with zero attached hydrogens (tertiary/aromatic N) is 3. The number of anilines is 1. The first kappa shape index (κ1) is 18.5. The van der Waals surface area contributed by atoms with E-state index in [9.17, 15) is 0 Å². The van der Waals surface area contributed by atoms with Gasteiger partial charge in [0, 0.05) is 30.0 Å². The van der Waals surface area contributed by atoms with Crippen LogP contribution in [0.1, 0.15) is 12.8 Å². The number of fused-ring (bicyclic) bond motifs is 1. The summed E-state index contributed by atoms with van der Waals surface area (Å²) >= 11 is 0. The second-order valence-corrected chi connectivity index (χ2v) is 5.97. The Kier molecular flexibility index (Phi) is 6.44. The van der Waals surface area contributed by atoms with Crippen molar-refractivity contribution >= 4 is 16.7 Å². The van der Waals surface area contributed by atoms with Crippen LogP contribution in [0.3, 0.4) is 0 Å². The highest BCUT2D eigenvalue weighted by molar-refractivity contribution is 5.89. The van der Waals surface area contributed by atoms with Gasteiger partial charge in [0.2, 0.25) is 0 Å². The zero-order chi connectivity index (χ0) is 18.9. The van der Waals surface area contributed by atoms with E-state index in [4.69, 9.17) is 10.8 Å². The number of pyridine rings is 1. The minimum absolute atomic E-state index is 0.240. The molecule has 0 atom stereocenters. The van der Waals surface area contributed by atoms with Crippen molar-refractivity contribution in [1.29, 1.82) is 0 Å². The molecule has 1 aromatic carbocycles. The molecular formula is C22H22N4O. The SMILES string of the molecule is Nc1nc(-c2ccncc2)nc2ccccc12.OCCC1=CC=CCC=C1. The molecule has 1 aliphatic carbocycles. The molecule has 136 valence electrons. The van der Waals surface area contributed by atoms with Crippen molar-refractivity contribution in [3.8, 4) is 11.4 Å². The molecule has 0 bridgehead atoms. The van der Waals surface area contributed by atoms with E-state index in [1.807, 2.05) is 48.6 Å². The minimum atomic E-state index is 0.240. The molecule has 0 spiro atoms. The van der Waals surface area contributed by atoms with Crippen molar-refractivity contribution in [1.82, 2.24) is 15.0 Å². The van der Waals surface area contributed by atoms with Gasteiger partial charge in [-0.25, -0.2) is 9.97 Å². The van der Waals surface area contributed by atoms with E-state index >= 15 is 0 Å². The van der Waals surface area contributed by atoms with E-state index in [1.54, 1.807) is 12.4 Å². The first-order valence-electron chi connectivity index (χ1n) is 8.83. The number of aliphatic hydroxyl groups is 1. The quantitative estimate of drug-likeness (QED) is 0.737. The molecular weight excluding hydrogens is 336 g/mol. The van der Waals surface area contributed by atoms with E-state index in [0.29, 0.717) is 11.6 Å². The van der Waals surface area contributed by atoms with Crippen LogP contribution in [0.25, 0.3) is 22.3 Å². The van der Waals surface area contributed by atoms with Crippen LogP contribution in [0.15, 0.2) is 84.7 Å². The standard InChI is InChI=1S/C13H10N4.C9H12O/c14-12-10-3-1-2-4-11(10)16-13(17-12)9-5-7-15-8-6-9;10-8-7-9-5-3-1-2-4-6-9/h1-8H,(H2,14,16,17);1,3-6,10H,2,7-8H2. The van der Waals surface area contributed by atoms with Crippen molar-refractivity contribution in [3.05, 3.63) is 84.7 Å². The molecule has 2 aromatic heterocycles. The van der Waals surface area contributed by atoms with Crippen molar-refractivity contribution in [2.75, 3.05) is 12.3 Å². The molecule has 0 amide bonds. The van der Waals surface area contributed by atoms with Gasteiger partial charge in [-0.1, -0.05) is 42.5 Å². The van der Waals surface area contributed by atoms with Gasteiger partial charge in [0.25, 0.3) is 0 Å². The third-order valence-electron chi connectivity index (χ3n) is 4.02. The van der Waals surface area contributed by atoms with Crippen molar-refractivity contribution in [2.45, 2.75) is 12.8 Å². The summed E-state index contributed by atoms with van der Waals surface area (Å²) in [5, 5.41) is 9.49. The maximum absolute atomic E-state index is 8.61. The number of allylic oxidation sites excluding steroid dienone is 5. The molecule has 0 radical (unpaired) electrons. The molecule has 0 saturated carbocycles. The number of hydrogen-bond donors (Lipinski definition) is 2. The summed E-state index contributed by atoms with van der Waals surface area (Å²) in [6.07, 6.45) is 15.5. The summed E-state index contributed by atoms with van der Waals surface area (Å²) in [6, 6.07) is 11.4. The highest BCUT2D eigenvalue weighted by Crippen LogP contribution is 2.22. The Balaban J connectivity index is 0.000000180. The molecule has 0 saturated heterocycles. The Morgan fingerprint density at radius 2 is 1.81 bits per heavy atom. The molecule has 3 N–H and O–H groups in total. The lowest BCUT2D eigenvalue weighted by Gasteiger charge is -2.04. The minimum Gasteiger partial charge on any atom is -0.396 e. The summed E-state index contributed by atoms with van der Waals surface area (Å²) in [6.45, 7) is 0.240. The fourth-order valence-electron chi connectivity index (χ4n) is 2.65. The van der Waals surface area contributed by atoms with Crippen molar-refractivity contribution in [3.63, 3.8) is 0 Å². The number of para-hydroxylation sites is 1. The van der Waals surface area contributed by atoms with Gasteiger partial charge < -0.3 is 10.8 Å². The van der Waals surface area contributed by atoms with Crippen LogP contribution in [0.5, 0.6) is 0 Å². The third kappa shape index (κ3) is 5.09. The lowest BCUT2D eigenvalue weighted by Crippen LogP contribution is -1.97. The van der Waals surface area contributed by atoms with Gasteiger partial charge >= 0.3 is 0 Å². The lowest BCUT2D eigenvalue weighted by atomic mass is 10.2. The normalized spacial score (nSPS) is 12.9. The van der Waals surface area contributed by atoms with Crippen LogP contribution in [-0.4, -0.2) is 26.7 Å². The maximum Gasteiger partial charge on any atom is 0.162 e. The zero-order valence-corrected chi connectivity index (χ0v) is 15.0. The summed E-state index contributed by atoms with van der Waals surface area (Å²) in [5.74, 6) is 1.13. The van der Waals surface area contributed by atoms with E-state index < -0.39 is 0 Å². The van der Waals surface area contributed by atoms with E-state index in [-0.39, 0.29) is 6.61 Å². The Morgan fingerprint density at radius 3 is 2.63 bits per heavy atom. The summed E-state index contributed by atoms with van der Waals surface area (Å²) in [7, 11) is 0. The van der Waals surface area contributed by atoms with Crippen LogP contribution >= 0.6 is 0 Å².